The normalized spacial score (nSPS) is 16.0. The quantitative estimate of drug-likeness (QED) is 0.686. The number of hydrogen-bond donors (Lipinski definition) is 0. The summed E-state index contributed by atoms with van der Waals surface area (Å²) in [5, 5.41) is 9.57. The summed E-state index contributed by atoms with van der Waals surface area (Å²) in [5.74, 6) is 1.01. The molecule has 0 aromatic carbocycles. The number of aryl methyl sites for hydroxylation is 3. The number of hydrogen-bond acceptors (Lipinski definition) is 6. The fraction of sp³-hybridized carbons (Fsp3) is 0.529. The molecule has 3 aromatic rings. The molecule has 1 aliphatic heterocycles. The Hall–Kier alpha value is -2.48. The van der Waals surface area contributed by atoms with Gasteiger partial charge in [-0.3, -0.25) is 14.3 Å². The second-order valence-electron chi connectivity index (χ2n) is 6.66. The van der Waals surface area contributed by atoms with Crippen molar-refractivity contribution < 1.29 is 0 Å². The zero-order valence-electron chi connectivity index (χ0n) is 14.8. The van der Waals surface area contributed by atoms with Crippen molar-refractivity contribution in [2.75, 3.05) is 37.6 Å². The summed E-state index contributed by atoms with van der Waals surface area (Å²) in [4.78, 5) is 13.7. The van der Waals surface area contributed by atoms with Crippen LogP contribution in [0.2, 0.25) is 0 Å². The van der Waals surface area contributed by atoms with E-state index in [9.17, 15) is 0 Å². The molecule has 25 heavy (non-hydrogen) atoms. The maximum atomic E-state index is 4.51. The molecule has 132 valence electrons. The number of nitrogens with zero attached hydrogens (tertiary/aromatic N) is 8. The maximum absolute atomic E-state index is 4.51. The van der Waals surface area contributed by atoms with Crippen LogP contribution in [0.5, 0.6) is 0 Å². The van der Waals surface area contributed by atoms with E-state index >= 15 is 0 Å². The van der Waals surface area contributed by atoms with Gasteiger partial charge in [0.25, 0.3) is 0 Å². The van der Waals surface area contributed by atoms with Gasteiger partial charge in [-0.1, -0.05) is 0 Å². The molecule has 1 aliphatic rings. The Morgan fingerprint density at radius 3 is 2.60 bits per heavy atom. The molecule has 0 spiro atoms. The fourth-order valence-electron chi connectivity index (χ4n) is 3.49. The molecular weight excluding hydrogens is 316 g/mol. The van der Waals surface area contributed by atoms with Crippen LogP contribution in [0.1, 0.15) is 12.0 Å². The highest BCUT2D eigenvalue weighted by atomic mass is 15.3. The minimum Gasteiger partial charge on any atom is -0.353 e. The first-order valence-corrected chi connectivity index (χ1v) is 8.78. The standard InChI is InChI=1S/C17H24N8/c1-22-12-14(10-20-22)4-3-5-24-6-8-25(9-7-24)17-15-11-21-23(2)16(15)18-13-19-17/h10-13H,3-9H2,1-2H3. The first kappa shape index (κ1) is 16.0. The highest BCUT2D eigenvalue weighted by molar-refractivity contribution is 5.86. The number of piperazine rings is 1. The predicted molar refractivity (Wildman–Crippen MR) is 96.5 cm³/mol. The van der Waals surface area contributed by atoms with Gasteiger partial charge in [-0.05, 0) is 24.9 Å². The predicted octanol–water partition coefficient (Wildman–Crippen LogP) is 0.852. The molecule has 0 amide bonds. The van der Waals surface area contributed by atoms with Crippen molar-refractivity contribution in [3.8, 4) is 0 Å². The van der Waals surface area contributed by atoms with Gasteiger partial charge >= 0.3 is 0 Å². The third kappa shape index (κ3) is 3.34. The molecule has 4 heterocycles. The molecule has 4 rings (SSSR count). The summed E-state index contributed by atoms with van der Waals surface area (Å²) in [6.45, 7) is 5.26. The number of anilines is 1. The van der Waals surface area contributed by atoms with Gasteiger partial charge in [0, 0.05) is 46.5 Å². The molecule has 0 unspecified atom stereocenters. The minimum absolute atomic E-state index is 0.893. The first-order chi connectivity index (χ1) is 12.2. The average molecular weight is 340 g/mol. The van der Waals surface area contributed by atoms with Crippen molar-refractivity contribution in [2.45, 2.75) is 12.8 Å². The molecule has 1 fully saturated rings. The first-order valence-electron chi connectivity index (χ1n) is 8.78. The van der Waals surface area contributed by atoms with Crippen LogP contribution in [0.4, 0.5) is 5.82 Å². The molecule has 0 aliphatic carbocycles. The van der Waals surface area contributed by atoms with Crippen molar-refractivity contribution in [1.82, 2.24) is 34.4 Å². The van der Waals surface area contributed by atoms with E-state index in [0.717, 1.165) is 56.0 Å². The molecule has 0 atom stereocenters. The number of fused-ring (bicyclic) bond motifs is 1. The van der Waals surface area contributed by atoms with Crippen molar-refractivity contribution in [1.29, 1.82) is 0 Å². The molecule has 0 saturated carbocycles. The molecule has 1 saturated heterocycles. The van der Waals surface area contributed by atoms with Gasteiger partial charge in [0.05, 0.1) is 17.8 Å². The lowest BCUT2D eigenvalue weighted by Crippen LogP contribution is -2.47. The second-order valence-corrected chi connectivity index (χ2v) is 6.66. The molecule has 3 aromatic heterocycles. The lowest BCUT2D eigenvalue weighted by Gasteiger charge is -2.35. The third-order valence-corrected chi connectivity index (χ3v) is 4.88. The van der Waals surface area contributed by atoms with E-state index in [1.165, 1.54) is 12.0 Å². The Labute approximate surface area is 147 Å². The largest absolute Gasteiger partial charge is 0.353 e. The van der Waals surface area contributed by atoms with Crippen LogP contribution in [0.15, 0.2) is 24.9 Å². The van der Waals surface area contributed by atoms with Crippen LogP contribution in [0.25, 0.3) is 11.0 Å². The molecule has 8 nitrogen and oxygen atoms in total. The van der Waals surface area contributed by atoms with Gasteiger partial charge in [-0.2, -0.15) is 10.2 Å². The van der Waals surface area contributed by atoms with Crippen molar-refractivity contribution in [3.05, 3.63) is 30.5 Å². The van der Waals surface area contributed by atoms with Crippen LogP contribution in [0.3, 0.4) is 0 Å². The molecular formula is C17H24N8. The van der Waals surface area contributed by atoms with Crippen molar-refractivity contribution in [3.63, 3.8) is 0 Å². The van der Waals surface area contributed by atoms with Crippen LogP contribution in [-0.4, -0.2) is 67.2 Å². The van der Waals surface area contributed by atoms with Gasteiger partial charge in [0.1, 0.15) is 12.1 Å². The van der Waals surface area contributed by atoms with E-state index < -0.39 is 0 Å². The van der Waals surface area contributed by atoms with Gasteiger partial charge in [0.15, 0.2) is 5.65 Å². The van der Waals surface area contributed by atoms with Gasteiger partial charge < -0.3 is 4.90 Å². The van der Waals surface area contributed by atoms with E-state index in [1.54, 1.807) is 11.0 Å². The van der Waals surface area contributed by atoms with Gasteiger partial charge in [-0.15, -0.1) is 0 Å². The SMILES string of the molecule is Cn1cc(CCCN2CCN(c3ncnc4c3cnn4C)CC2)cn1. The summed E-state index contributed by atoms with van der Waals surface area (Å²) in [6, 6.07) is 0. The van der Waals surface area contributed by atoms with E-state index in [2.05, 4.69) is 36.2 Å². The number of rotatable bonds is 5. The molecule has 0 bridgehead atoms. The van der Waals surface area contributed by atoms with E-state index in [0.29, 0.717) is 0 Å². The Morgan fingerprint density at radius 2 is 1.84 bits per heavy atom. The monoisotopic (exact) mass is 340 g/mol. The Balaban J connectivity index is 1.32. The summed E-state index contributed by atoms with van der Waals surface area (Å²) in [5.41, 5.74) is 2.21. The fourth-order valence-corrected chi connectivity index (χ4v) is 3.49. The molecule has 0 N–H and O–H groups in total. The summed E-state index contributed by atoms with van der Waals surface area (Å²) in [6.07, 6.45) is 9.84. The van der Waals surface area contributed by atoms with Gasteiger partial charge in [-0.25, -0.2) is 9.97 Å². The zero-order chi connectivity index (χ0) is 17.2. The van der Waals surface area contributed by atoms with Crippen LogP contribution in [0, 0.1) is 0 Å². The lowest BCUT2D eigenvalue weighted by molar-refractivity contribution is 0.254. The summed E-state index contributed by atoms with van der Waals surface area (Å²) >= 11 is 0. The smallest absolute Gasteiger partial charge is 0.163 e. The van der Waals surface area contributed by atoms with E-state index in [-0.39, 0.29) is 0 Å². The average Bonchev–Trinajstić information content (AvgIpc) is 3.22. The lowest BCUT2D eigenvalue weighted by atomic mass is 10.2. The minimum atomic E-state index is 0.893. The zero-order valence-corrected chi connectivity index (χ0v) is 14.8. The van der Waals surface area contributed by atoms with Crippen LogP contribution in [-0.2, 0) is 20.5 Å². The van der Waals surface area contributed by atoms with Crippen LogP contribution >= 0.6 is 0 Å². The Bertz CT molecular complexity index is 843. The topological polar surface area (TPSA) is 67.9 Å². The Morgan fingerprint density at radius 1 is 1.00 bits per heavy atom. The molecule has 0 radical (unpaired) electrons. The second kappa shape index (κ2) is 6.79. The summed E-state index contributed by atoms with van der Waals surface area (Å²) in [7, 11) is 3.88. The maximum Gasteiger partial charge on any atom is 0.163 e. The van der Waals surface area contributed by atoms with Gasteiger partial charge in [0.2, 0.25) is 0 Å². The third-order valence-electron chi connectivity index (χ3n) is 4.88. The van der Waals surface area contributed by atoms with Crippen molar-refractivity contribution >= 4 is 16.9 Å². The highest BCUT2D eigenvalue weighted by Crippen LogP contribution is 2.23. The highest BCUT2D eigenvalue weighted by Gasteiger charge is 2.20. The number of aromatic nitrogens is 6. The van der Waals surface area contributed by atoms with Crippen molar-refractivity contribution in [2.24, 2.45) is 14.1 Å². The Kier molecular flexibility index (Phi) is 4.35. The summed E-state index contributed by atoms with van der Waals surface area (Å²) < 4.78 is 3.67. The molecule has 8 heteroatoms. The van der Waals surface area contributed by atoms with E-state index in [1.807, 2.05) is 31.2 Å². The van der Waals surface area contributed by atoms with Crippen LogP contribution < -0.4 is 4.90 Å². The van der Waals surface area contributed by atoms with E-state index in [4.69, 9.17) is 0 Å².